The molecule has 10 heteroatoms. The lowest BCUT2D eigenvalue weighted by atomic mass is 10.3. The summed E-state index contributed by atoms with van der Waals surface area (Å²) in [6.07, 6.45) is 0. The predicted octanol–water partition coefficient (Wildman–Crippen LogP) is 2.68. The smallest absolute Gasteiger partial charge is 0.273 e. The van der Waals surface area contributed by atoms with Crippen molar-refractivity contribution >= 4 is 21.4 Å². The minimum Gasteiger partial charge on any atom is -0.495 e. The number of nitro benzene ring substituents is 1. The van der Waals surface area contributed by atoms with E-state index in [1.165, 1.54) is 0 Å². The predicted molar refractivity (Wildman–Crippen MR) is 76.8 cm³/mol. The van der Waals surface area contributed by atoms with E-state index in [4.69, 9.17) is 4.74 Å². The lowest BCUT2D eigenvalue weighted by molar-refractivity contribution is -0.385. The standard InChI is InChI=1S/C13H10F2N2O5S/c1-22-12-7-11(17(18)19)2-3-13(12)23(20,21)16-10-5-8(14)4-9(15)6-10/h2-7,16H,1H3. The maximum Gasteiger partial charge on any atom is 0.273 e. The van der Waals surface area contributed by atoms with Crippen LogP contribution in [0.3, 0.4) is 0 Å². The number of anilines is 1. The number of hydrogen-bond acceptors (Lipinski definition) is 5. The highest BCUT2D eigenvalue weighted by Crippen LogP contribution is 2.30. The SMILES string of the molecule is COc1cc([N+](=O)[O-])ccc1S(=O)(=O)Nc1cc(F)cc(F)c1. The molecule has 0 amide bonds. The Hall–Kier alpha value is -2.75. The Bertz CT molecular complexity index is 850. The number of nitrogens with one attached hydrogen (secondary N) is 1. The first-order valence-electron chi connectivity index (χ1n) is 6.04. The summed E-state index contributed by atoms with van der Waals surface area (Å²) in [6.45, 7) is 0. The Morgan fingerprint density at radius 3 is 2.26 bits per heavy atom. The molecule has 0 saturated heterocycles. The van der Waals surface area contributed by atoms with Gasteiger partial charge in [0.2, 0.25) is 0 Å². The van der Waals surface area contributed by atoms with E-state index in [9.17, 15) is 27.3 Å². The number of methoxy groups -OCH3 is 1. The van der Waals surface area contributed by atoms with Gasteiger partial charge in [0, 0.05) is 12.1 Å². The first-order chi connectivity index (χ1) is 10.7. The molecule has 0 atom stereocenters. The van der Waals surface area contributed by atoms with Gasteiger partial charge in [-0.15, -0.1) is 0 Å². The quantitative estimate of drug-likeness (QED) is 0.664. The fourth-order valence-electron chi connectivity index (χ4n) is 1.81. The van der Waals surface area contributed by atoms with Gasteiger partial charge in [0.25, 0.3) is 15.7 Å². The number of ether oxygens (including phenoxy) is 1. The summed E-state index contributed by atoms with van der Waals surface area (Å²) in [6, 6.07) is 5.04. The van der Waals surface area contributed by atoms with Gasteiger partial charge in [0.05, 0.1) is 23.8 Å². The van der Waals surface area contributed by atoms with Crippen molar-refractivity contribution in [2.75, 3.05) is 11.8 Å². The molecule has 7 nitrogen and oxygen atoms in total. The highest BCUT2D eigenvalue weighted by molar-refractivity contribution is 7.92. The molecule has 122 valence electrons. The Kier molecular flexibility index (Phi) is 4.45. The van der Waals surface area contributed by atoms with Crippen molar-refractivity contribution < 1.29 is 26.9 Å². The summed E-state index contributed by atoms with van der Waals surface area (Å²) < 4.78 is 57.6. The van der Waals surface area contributed by atoms with Crippen LogP contribution in [0.2, 0.25) is 0 Å². The molecule has 0 radical (unpaired) electrons. The molecule has 0 aliphatic rings. The minimum absolute atomic E-state index is 0.274. The maximum absolute atomic E-state index is 13.1. The van der Waals surface area contributed by atoms with E-state index in [1.54, 1.807) is 0 Å². The van der Waals surface area contributed by atoms with Gasteiger partial charge in [-0.2, -0.15) is 0 Å². The van der Waals surface area contributed by atoms with Crippen molar-refractivity contribution in [3.05, 3.63) is 58.1 Å². The van der Waals surface area contributed by atoms with Gasteiger partial charge in [0.15, 0.2) is 0 Å². The first kappa shape index (κ1) is 16.6. The van der Waals surface area contributed by atoms with Crippen LogP contribution in [0, 0.1) is 21.7 Å². The van der Waals surface area contributed by atoms with Crippen LogP contribution in [0.5, 0.6) is 5.75 Å². The van der Waals surface area contributed by atoms with E-state index in [2.05, 4.69) is 0 Å². The fraction of sp³-hybridized carbons (Fsp3) is 0.0769. The summed E-state index contributed by atoms with van der Waals surface area (Å²) in [4.78, 5) is 9.58. The van der Waals surface area contributed by atoms with Crippen LogP contribution in [-0.4, -0.2) is 20.5 Å². The van der Waals surface area contributed by atoms with Gasteiger partial charge in [-0.25, -0.2) is 17.2 Å². The third-order valence-corrected chi connectivity index (χ3v) is 4.18. The fourth-order valence-corrected chi connectivity index (χ4v) is 3.01. The zero-order valence-electron chi connectivity index (χ0n) is 11.6. The number of benzene rings is 2. The number of rotatable bonds is 5. The number of nitro groups is 1. The van der Waals surface area contributed by atoms with E-state index < -0.39 is 31.5 Å². The minimum atomic E-state index is -4.26. The Labute approximate surface area is 129 Å². The molecular weight excluding hydrogens is 334 g/mol. The van der Waals surface area contributed by atoms with Crippen molar-refractivity contribution in [1.82, 2.24) is 0 Å². The monoisotopic (exact) mass is 344 g/mol. The van der Waals surface area contributed by atoms with Crippen LogP contribution in [0.4, 0.5) is 20.2 Å². The molecule has 0 saturated carbocycles. The van der Waals surface area contributed by atoms with Crippen LogP contribution < -0.4 is 9.46 Å². The van der Waals surface area contributed by atoms with Gasteiger partial charge < -0.3 is 4.74 Å². The zero-order valence-corrected chi connectivity index (χ0v) is 12.4. The third-order valence-electron chi connectivity index (χ3n) is 2.76. The molecule has 0 spiro atoms. The van der Waals surface area contributed by atoms with Gasteiger partial charge in [0.1, 0.15) is 22.3 Å². The zero-order chi connectivity index (χ0) is 17.2. The first-order valence-corrected chi connectivity index (χ1v) is 7.52. The molecule has 2 rings (SSSR count). The second-order valence-electron chi connectivity index (χ2n) is 4.36. The largest absolute Gasteiger partial charge is 0.495 e. The molecule has 2 aromatic rings. The number of sulfonamides is 1. The van der Waals surface area contributed by atoms with Crippen molar-refractivity contribution in [3.63, 3.8) is 0 Å². The molecule has 1 N–H and O–H groups in total. The van der Waals surface area contributed by atoms with Gasteiger partial charge in [-0.05, 0) is 18.2 Å². The molecule has 23 heavy (non-hydrogen) atoms. The normalized spacial score (nSPS) is 11.1. The van der Waals surface area contributed by atoms with Crippen LogP contribution in [0.15, 0.2) is 41.3 Å². The van der Waals surface area contributed by atoms with Gasteiger partial charge in [-0.1, -0.05) is 0 Å². The second kappa shape index (κ2) is 6.16. The lowest BCUT2D eigenvalue weighted by Gasteiger charge is -2.11. The Balaban J connectivity index is 2.45. The molecule has 0 aromatic heterocycles. The Morgan fingerprint density at radius 1 is 1.13 bits per heavy atom. The summed E-state index contributed by atoms with van der Waals surface area (Å²) in [5, 5.41) is 10.7. The topological polar surface area (TPSA) is 98.5 Å². The highest BCUT2D eigenvalue weighted by Gasteiger charge is 2.22. The van der Waals surface area contributed by atoms with Crippen molar-refractivity contribution in [2.24, 2.45) is 0 Å². The van der Waals surface area contributed by atoms with Crippen LogP contribution >= 0.6 is 0 Å². The van der Waals surface area contributed by atoms with Crippen LogP contribution in [0.25, 0.3) is 0 Å². The van der Waals surface area contributed by atoms with Crippen molar-refractivity contribution in [2.45, 2.75) is 4.90 Å². The van der Waals surface area contributed by atoms with E-state index in [-0.39, 0.29) is 17.1 Å². The van der Waals surface area contributed by atoms with Crippen LogP contribution in [0.1, 0.15) is 0 Å². The van der Waals surface area contributed by atoms with Crippen LogP contribution in [-0.2, 0) is 10.0 Å². The molecule has 0 bridgehead atoms. The molecule has 0 aliphatic carbocycles. The van der Waals surface area contributed by atoms with Crippen molar-refractivity contribution in [3.8, 4) is 5.75 Å². The molecule has 0 fully saturated rings. The second-order valence-corrected chi connectivity index (χ2v) is 6.01. The maximum atomic E-state index is 13.1. The average molecular weight is 344 g/mol. The molecular formula is C13H10F2N2O5S. The van der Waals surface area contributed by atoms with E-state index in [0.717, 1.165) is 37.4 Å². The lowest BCUT2D eigenvalue weighted by Crippen LogP contribution is -2.14. The van der Waals surface area contributed by atoms with Crippen molar-refractivity contribution in [1.29, 1.82) is 0 Å². The number of halogens is 2. The molecule has 0 unspecified atom stereocenters. The van der Waals surface area contributed by atoms with Gasteiger partial charge in [-0.3, -0.25) is 14.8 Å². The number of hydrogen-bond donors (Lipinski definition) is 1. The van der Waals surface area contributed by atoms with E-state index in [1.807, 2.05) is 4.72 Å². The highest BCUT2D eigenvalue weighted by atomic mass is 32.2. The van der Waals surface area contributed by atoms with Gasteiger partial charge >= 0.3 is 0 Å². The molecule has 0 heterocycles. The van der Waals surface area contributed by atoms with E-state index in [0.29, 0.717) is 6.07 Å². The van der Waals surface area contributed by atoms with E-state index >= 15 is 0 Å². The summed E-state index contributed by atoms with van der Waals surface area (Å²) in [5.74, 6) is -2.19. The number of nitrogens with zero attached hydrogens (tertiary/aromatic N) is 1. The summed E-state index contributed by atoms with van der Waals surface area (Å²) in [7, 11) is -3.12. The number of non-ortho nitro benzene ring substituents is 1. The molecule has 0 aliphatic heterocycles. The summed E-state index contributed by atoms with van der Waals surface area (Å²) in [5.41, 5.74) is -0.694. The Morgan fingerprint density at radius 2 is 1.74 bits per heavy atom. The third kappa shape index (κ3) is 3.72. The summed E-state index contributed by atoms with van der Waals surface area (Å²) >= 11 is 0. The molecule has 2 aromatic carbocycles. The average Bonchev–Trinajstić information content (AvgIpc) is 2.44.